The van der Waals surface area contributed by atoms with Crippen LogP contribution in [0.1, 0.15) is 18.4 Å². The van der Waals surface area contributed by atoms with Crippen molar-refractivity contribution >= 4 is 17.5 Å². The van der Waals surface area contributed by atoms with Gasteiger partial charge in [-0.1, -0.05) is 23.7 Å². The fourth-order valence-corrected chi connectivity index (χ4v) is 2.00. The van der Waals surface area contributed by atoms with Gasteiger partial charge in [-0.15, -0.1) is 0 Å². The van der Waals surface area contributed by atoms with Gasteiger partial charge in [-0.3, -0.25) is 9.69 Å². The van der Waals surface area contributed by atoms with Gasteiger partial charge in [0.2, 0.25) is 5.91 Å². The van der Waals surface area contributed by atoms with E-state index in [0.717, 1.165) is 12.8 Å². The molecule has 1 aromatic carbocycles. The van der Waals surface area contributed by atoms with Crippen LogP contribution in [0.2, 0.25) is 5.02 Å². The Hall–Kier alpha value is -1.13. The average Bonchev–Trinajstić information content (AvgIpc) is 3.15. The van der Waals surface area contributed by atoms with Gasteiger partial charge in [-0.25, -0.2) is 4.39 Å². The molecule has 1 amide bonds. The molecule has 1 N–H and O–H groups in total. The Balaban J connectivity index is 1.83. The second kappa shape index (κ2) is 5.67. The Morgan fingerprint density at radius 2 is 2.28 bits per heavy atom. The van der Waals surface area contributed by atoms with Gasteiger partial charge in [0.25, 0.3) is 0 Å². The maximum absolute atomic E-state index is 13.6. The zero-order valence-electron chi connectivity index (χ0n) is 10.2. The maximum atomic E-state index is 13.6. The largest absolute Gasteiger partial charge is 0.351 e. The second-order valence-corrected chi connectivity index (χ2v) is 5.04. The van der Waals surface area contributed by atoms with Crippen molar-refractivity contribution in [1.82, 2.24) is 10.2 Å². The highest BCUT2D eigenvalue weighted by atomic mass is 35.5. The van der Waals surface area contributed by atoms with E-state index in [9.17, 15) is 9.18 Å². The van der Waals surface area contributed by atoms with Gasteiger partial charge in [-0.05, 0) is 26.0 Å². The zero-order chi connectivity index (χ0) is 13.1. The first kappa shape index (κ1) is 13.3. The topological polar surface area (TPSA) is 32.3 Å². The molecule has 18 heavy (non-hydrogen) atoms. The minimum atomic E-state index is -0.463. The van der Waals surface area contributed by atoms with E-state index in [-0.39, 0.29) is 17.5 Å². The fraction of sp³-hybridized carbons (Fsp3) is 0.462. The Morgan fingerprint density at radius 3 is 2.94 bits per heavy atom. The third-order valence-corrected chi connectivity index (χ3v) is 3.36. The number of carbonyl (C=O) groups excluding carboxylic acids is 1. The molecule has 0 spiro atoms. The number of nitrogens with zero attached hydrogens (tertiary/aromatic N) is 1. The maximum Gasteiger partial charge on any atom is 0.234 e. The smallest absolute Gasteiger partial charge is 0.234 e. The van der Waals surface area contributed by atoms with Gasteiger partial charge >= 0.3 is 0 Å². The molecule has 3 nitrogen and oxygen atoms in total. The highest BCUT2D eigenvalue weighted by Crippen LogP contribution is 2.24. The van der Waals surface area contributed by atoms with Crippen molar-refractivity contribution in [2.45, 2.75) is 25.4 Å². The van der Waals surface area contributed by atoms with Crippen molar-refractivity contribution in [3.8, 4) is 0 Å². The van der Waals surface area contributed by atoms with E-state index in [1.807, 2.05) is 11.9 Å². The van der Waals surface area contributed by atoms with E-state index < -0.39 is 5.82 Å². The Labute approximate surface area is 111 Å². The lowest BCUT2D eigenvalue weighted by Crippen LogP contribution is -2.36. The van der Waals surface area contributed by atoms with Crippen LogP contribution in [0.5, 0.6) is 0 Å². The van der Waals surface area contributed by atoms with Crippen molar-refractivity contribution in [2.24, 2.45) is 0 Å². The van der Waals surface area contributed by atoms with Crippen molar-refractivity contribution in [2.75, 3.05) is 13.6 Å². The summed E-state index contributed by atoms with van der Waals surface area (Å²) in [7, 11) is 1.93. The molecule has 1 saturated carbocycles. The summed E-state index contributed by atoms with van der Waals surface area (Å²) in [5, 5.41) is 2.78. The van der Waals surface area contributed by atoms with Gasteiger partial charge in [0.05, 0.1) is 11.6 Å². The first-order valence-corrected chi connectivity index (χ1v) is 6.35. The van der Waals surface area contributed by atoms with Crippen LogP contribution in [0.25, 0.3) is 0 Å². The molecular weight excluding hydrogens is 255 g/mol. The Kier molecular flexibility index (Phi) is 4.19. The lowest BCUT2D eigenvalue weighted by molar-refractivity contribution is -0.122. The summed E-state index contributed by atoms with van der Waals surface area (Å²) < 4.78 is 13.6. The molecule has 0 atom stereocenters. The van der Waals surface area contributed by atoms with Gasteiger partial charge in [0.15, 0.2) is 0 Å². The van der Waals surface area contributed by atoms with Crippen LogP contribution >= 0.6 is 11.6 Å². The number of likely N-dealkylation sites (N-methyl/N-ethyl adjacent to an activating group) is 1. The molecular formula is C13H16ClFN2O. The normalized spacial score (nSPS) is 14.9. The number of rotatable bonds is 5. The standard InChI is InChI=1S/C13H16ClFN2O/c1-17(10-5-6-10)8-12(18)16-7-9-3-2-4-11(14)13(9)15/h2-4,10H,5-8H2,1H3,(H,16,18). The van der Waals surface area contributed by atoms with Crippen LogP contribution in [0.3, 0.4) is 0 Å². The van der Waals surface area contributed by atoms with E-state index in [4.69, 9.17) is 11.6 Å². The molecule has 0 radical (unpaired) electrons. The SMILES string of the molecule is CN(CC(=O)NCc1cccc(Cl)c1F)C1CC1. The van der Waals surface area contributed by atoms with Crippen molar-refractivity contribution in [1.29, 1.82) is 0 Å². The number of hydrogen-bond acceptors (Lipinski definition) is 2. The predicted octanol–water partition coefficient (Wildman–Crippen LogP) is 2.19. The van der Waals surface area contributed by atoms with Crippen LogP contribution in [0.15, 0.2) is 18.2 Å². The van der Waals surface area contributed by atoms with Crippen LogP contribution in [-0.4, -0.2) is 30.4 Å². The molecule has 0 aliphatic heterocycles. The van der Waals surface area contributed by atoms with Crippen molar-refractivity contribution < 1.29 is 9.18 Å². The van der Waals surface area contributed by atoms with E-state index in [0.29, 0.717) is 18.2 Å². The summed E-state index contributed by atoms with van der Waals surface area (Å²) in [6.45, 7) is 0.524. The zero-order valence-corrected chi connectivity index (χ0v) is 11.0. The average molecular weight is 271 g/mol. The molecule has 0 unspecified atom stereocenters. The second-order valence-electron chi connectivity index (χ2n) is 4.64. The molecule has 0 heterocycles. The third-order valence-electron chi connectivity index (χ3n) is 3.07. The molecule has 0 saturated heterocycles. The number of hydrogen-bond donors (Lipinski definition) is 1. The number of carbonyl (C=O) groups is 1. The summed E-state index contributed by atoms with van der Waals surface area (Å²) in [5.74, 6) is -0.557. The fourth-order valence-electron chi connectivity index (χ4n) is 1.81. The number of halogens is 2. The van der Waals surface area contributed by atoms with Crippen LogP contribution in [0, 0.1) is 5.82 Å². The Morgan fingerprint density at radius 1 is 1.56 bits per heavy atom. The quantitative estimate of drug-likeness (QED) is 0.890. The minimum Gasteiger partial charge on any atom is -0.351 e. The molecule has 0 bridgehead atoms. The molecule has 1 aliphatic rings. The van der Waals surface area contributed by atoms with Gasteiger partial charge < -0.3 is 5.32 Å². The van der Waals surface area contributed by atoms with E-state index in [2.05, 4.69) is 5.32 Å². The van der Waals surface area contributed by atoms with Crippen LogP contribution < -0.4 is 5.32 Å². The number of amides is 1. The van der Waals surface area contributed by atoms with E-state index >= 15 is 0 Å². The van der Waals surface area contributed by atoms with Crippen molar-refractivity contribution in [3.63, 3.8) is 0 Å². The third kappa shape index (κ3) is 3.43. The molecule has 5 heteroatoms. The van der Waals surface area contributed by atoms with Gasteiger partial charge in [-0.2, -0.15) is 0 Å². The van der Waals surface area contributed by atoms with E-state index in [1.54, 1.807) is 12.1 Å². The summed E-state index contributed by atoms with van der Waals surface area (Å²) in [4.78, 5) is 13.7. The summed E-state index contributed by atoms with van der Waals surface area (Å²) in [6.07, 6.45) is 2.32. The summed E-state index contributed by atoms with van der Waals surface area (Å²) >= 11 is 5.67. The monoisotopic (exact) mass is 270 g/mol. The Bertz CT molecular complexity index is 449. The molecule has 1 aliphatic carbocycles. The molecule has 0 aromatic heterocycles. The van der Waals surface area contributed by atoms with Gasteiger partial charge in [0.1, 0.15) is 5.82 Å². The number of nitrogens with one attached hydrogen (secondary N) is 1. The van der Waals surface area contributed by atoms with E-state index in [1.165, 1.54) is 6.07 Å². The molecule has 1 aromatic rings. The summed E-state index contributed by atoms with van der Waals surface area (Å²) in [5.41, 5.74) is 0.407. The highest BCUT2D eigenvalue weighted by Gasteiger charge is 2.27. The van der Waals surface area contributed by atoms with Gasteiger partial charge in [0, 0.05) is 18.2 Å². The molecule has 1 fully saturated rings. The lowest BCUT2D eigenvalue weighted by Gasteiger charge is -2.15. The van der Waals surface area contributed by atoms with Crippen LogP contribution in [-0.2, 0) is 11.3 Å². The first-order chi connectivity index (χ1) is 8.58. The molecule has 98 valence electrons. The van der Waals surface area contributed by atoms with Crippen molar-refractivity contribution in [3.05, 3.63) is 34.6 Å². The minimum absolute atomic E-state index is 0.0804. The molecule has 2 rings (SSSR count). The van der Waals surface area contributed by atoms with Crippen LogP contribution in [0.4, 0.5) is 4.39 Å². The first-order valence-electron chi connectivity index (χ1n) is 5.97. The predicted molar refractivity (Wildman–Crippen MR) is 68.9 cm³/mol. The lowest BCUT2D eigenvalue weighted by atomic mass is 10.2. The summed E-state index contributed by atoms with van der Waals surface area (Å²) in [6, 6.07) is 5.32. The highest BCUT2D eigenvalue weighted by molar-refractivity contribution is 6.30. The number of benzene rings is 1.